The van der Waals surface area contributed by atoms with Gasteiger partial charge in [0.2, 0.25) is 0 Å². The molecule has 3 aromatic heterocycles. The summed E-state index contributed by atoms with van der Waals surface area (Å²) >= 11 is 6.17. The number of nitrogens with one attached hydrogen (secondary N) is 1. The van der Waals surface area contributed by atoms with Gasteiger partial charge in [0.1, 0.15) is 0 Å². The molecule has 4 aromatic rings. The molecule has 0 saturated carbocycles. The molecule has 0 radical (unpaired) electrons. The van der Waals surface area contributed by atoms with Crippen LogP contribution in [0.5, 0.6) is 0 Å². The summed E-state index contributed by atoms with van der Waals surface area (Å²) < 4.78 is 0. The Labute approximate surface area is 119 Å². The third-order valence-electron chi connectivity index (χ3n) is 3.25. The average Bonchev–Trinajstić information content (AvgIpc) is 2.93. The van der Waals surface area contributed by atoms with E-state index in [4.69, 9.17) is 11.6 Å². The van der Waals surface area contributed by atoms with E-state index in [-0.39, 0.29) is 0 Å². The first-order valence-corrected chi connectivity index (χ1v) is 6.53. The van der Waals surface area contributed by atoms with Crippen LogP contribution in [-0.2, 0) is 0 Å². The molecular weight excluding hydrogens is 272 g/mol. The Balaban J connectivity index is 2.05. The Hall–Kier alpha value is -2.46. The van der Waals surface area contributed by atoms with Crippen LogP contribution >= 0.6 is 11.6 Å². The molecule has 3 heterocycles. The van der Waals surface area contributed by atoms with Crippen LogP contribution in [0.15, 0.2) is 49.1 Å². The number of hydrogen-bond acceptors (Lipinski definition) is 3. The van der Waals surface area contributed by atoms with Crippen molar-refractivity contribution in [1.29, 1.82) is 0 Å². The van der Waals surface area contributed by atoms with Crippen LogP contribution in [0.3, 0.4) is 0 Å². The number of aromatic amines is 1. The fourth-order valence-corrected chi connectivity index (χ4v) is 2.55. The van der Waals surface area contributed by atoms with Gasteiger partial charge in [-0.3, -0.25) is 15.0 Å². The number of nitrogens with zero attached hydrogens (tertiary/aromatic N) is 3. The van der Waals surface area contributed by atoms with Gasteiger partial charge in [0.15, 0.2) is 0 Å². The molecule has 5 heteroatoms. The number of pyridine rings is 1. The zero-order chi connectivity index (χ0) is 13.5. The van der Waals surface area contributed by atoms with E-state index in [2.05, 4.69) is 19.9 Å². The highest BCUT2D eigenvalue weighted by Gasteiger charge is 2.09. The van der Waals surface area contributed by atoms with E-state index in [0.717, 1.165) is 33.2 Å². The van der Waals surface area contributed by atoms with Gasteiger partial charge in [-0.05, 0) is 24.3 Å². The normalized spacial score (nSPS) is 11.2. The van der Waals surface area contributed by atoms with Gasteiger partial charge in [0.05, 0.1) is 22.1 Å². The van der Waals surface area contributed by atoms with Gasteiger partial charge < -0.3 is 4.98 Å². The smallest absolute Gasteiger partial charge is 0.0966 e. The lowest BCUT2D eigenvalue weighted by Gasteiger charge is -2.06. The van der Waals surface area contributed by atoms with Crippen molar-refractivity contribution in [3.05, 3.63) is 54.1 Å². The average molecular weight is 281 g/mol. The van der Waals surface area contributed by atoms with E-state index in [1.165, 1.54) is 0 Å². The molecule has 0 aliphatic rings. The number of aromatic nitrogens is 4. The van der Waals surface area contributed by atoms with Crippen LogP contribution in [-0.4, -0.2) is 19.9 Å². The maximum Gasteiger partial charge on any atom is 0.0966 e. The molecule has 0 amide bonds. The van der Waals surface area contributed by atoms with Gasteiger partial charge in [-0.15, -0.1) is 0 Å². The Morgan fingerprint density at radius 1 is 0.950 bits per heavy atom. The van der Waals surface area contributed by atoms with Crippen molar-refractivity contribution in [2.24, 2.45) is 0 Å². The van der Waals surface area contributed by atoms with Crippen molar-refractivity contribution in [3.63, 3.8) is 0 Å². The van der Waals surface area contributed by atoms with Crippen LogP contribution in [0, 0.1) is 0 Å². The van der Waals surface area contributed by atoms with Gasteiger partial charge >= 0.3 is 0 Å². The number of H-pyrrole nitrogens is 1. The van der Waals surface area contributed by atoms with Crippen molar-refractivity contribution in [2.45, 2.75) is 0 Å². The van der Waals surface area contributed by atoms with Gasteiger partial charge in [-0.1, -0.05) is 11.6 Å². The second-order valence-corrected chi connectivity index (χ2v) is 4.95. The molecule has 96 valence electrons. The zero-order valence-electron chi connectivity index (χ0n) is 10.3. The number of halogens is 1. The minimum absolute atomic E-state index is 0.639. The number of rotatable bonds is 1. The lowest BCUT2D eigenvalue weighted by Crippen LogP contribution is -1.88. The van der Waals surface area contributed by atoms with Crippen molar-refractivity contribution in [3.8, 4) is 11.1 Å². The van der Waals surface area contributed by atoms with Gasteiger partial charge in [0, 0.05) is 40.9 Å². The standard InChI is InChI=1S/C15H9ClN4/c16-10-6-11(15-14(7-10)18-3-4-19-15)9-5-13-12(20-8-9)1-2-17-13/h1-8,17H. The maximum absolute atomic E-state index is 6.17. The van der Waals surface area contributed by atoms with Crippen LogP contribution in [0.25, 0.3) is 33.2 Å². The SMILES string of the molecule is Clc1cc(-c2cnc3cc[nH]c3c2)c2nccnc2c1. The molecule has 1 aromatic carbocycles. The summed E-state index contributed by atoms with van der Waals surface area (Å²) in [4.78, 5) is 16.3. The molecule has 0 unspecified atom stereocenters. The molecule has 0 aliphatic heterocycles. The van der Waals surface area contributed by atoms with E-state index >= 15 is 0 Å². The van der Waals surface area contributed by atoms with E-state index in [1.54, 1.807) is 12.4 Å². The molecule has 0 saturated heterocycles. The van der Waals surface area contributed by atoms with Gasteiger partial charge in [-0.25, -0.2) is 0 Å². The van der Waals surface area contributed by atoms with Crippen LogP contribution in [0.2, 0.25) is 5.02 Å². The third kappa shape index (κ3) is 1.73. The van der Waals surface area contributed by atoms with Gasteiger partial charge in [-0.2, -0.15) is 0 Å². The van der Waals surface area contributed by atoms with E-state index in [1.807, 2.05) is 36.7 Å². The highest BCUT2D eigenvalue weighted by molar-refractivity contribution is 6.31. The van der Waals surface area contributed by atoms with Crippen molar-refractivity contribution in [1.82, 2.24) is 19.9 Å². The van der Waals surface area contributed by atoms with Crippen LogP contribution < -0.4 is 0 Å². The molecule has 4 rings (SSSR count). The largest absolute Gasteiger partial charge is 0.360 e. The van der Waals surface area contributed by atoms with Crippen molar-refractivity contribution >= 4 is 33.7 Å². The molecule has 0 aliphatic carbocycles. The minimum atomic E-state index is 0.639. The van der Waals surface area contributed by atoms with Gasteiger partial charge in [0.25, 0.3) is 0 Å². The predicted molar refractivity (Wildman–Crippen MR) is 79.6 cm³/mol. The van der Waals surface area contributed by atoms with E-state index < -0.39 is 0 Å². The second kappa shape index (κ2) is 4.28. The Morgan fingerprint density at radius 2 is 1.85 bits per heavy atom. The number of fused-ring (bicyclic) bond motifs is 2. The number of hydrogen-bond donors (Lipinski definition) is 1. The van der Waals surface area contributed by atoms with E-state index in [0.29, 0.717) is 5.02 Å². The van der Waals surface area contributed by atoms with Crippen molar-refractivity contribution in [2.75, 3.05) is 0 Å². The summed E-state index contributed by atoms with van der Waals surface area (Å²) in [6, 6.07) is 7.69. The topological polar surface area (TPSA) is 54.5 Å². The zero-order valence-corrected chi connectivity index (χ0v) is 11.1. The molecule has 4 nitrogen and oxygen atoms in total. The lowest BCUT2D eigenvalue weighted by atomic mass is 10.1. The molecule has 1 N–H and O–H groups in total. The fourth-order valence-electron chi connectivity index (χ4n) is 2.34. The molecule has 0 atom stereocenters. The summed E-state index contributed by atoms with van der Waals surface area (Å²) in [5.41, 5.74) is 5.43. The summed E-state index contributed by atoms with van der Waals surface area (Å²) in [6.07, 6.45) is 7.04. The summed E-state index contributed by atoms with van der Waals surface area (Å²) in [5.74, 6) is 0. The Morgan fingerprint density at radius 3 is 2.80 bits per heavy atom. The Kier molecular flexibility index (Phi) is 2.44. The highest BCUT2D eigenvalue weighted by atomic mass is 35.5. The number of benzene rings is 1. The first-order valence-electron chi connectivity index (χ1n) is 6.15. The summed E-state index contributed by atoms with van der Waals surface area (Å²) in [6.45, 7) is 0. The lowest BCUT2D eigenvalue weighted by molar-refractivity contribution is 1.29. The quantitative estimate of drug-likeness (QED) is 0.576. The monoisotopic (exact) mass is 280 g/mol. The van der Waals surface area contributed by atoms with Crippen molar-refractivity contribution < 1.29 is 0 Å². The Bertz CT molecular complexity index is 929. The fraction of sp³-hybridized carbons (Fsp3) is 0. The first-order chi connectivity index (χ1) is 9.81. The maximum atomic E-state index is 6.17. The second-order valence-electron chi connectivity index (χ2n) is 4.51. The highest BCUT2D eigenvalue weighted by Crippen LogP contribution is 2.30. The van der Waals surface area contributed by atoms with E-state index in [9.17, 15) is 0 Å². The molecule has 0 spiro atoms. The van der Waals surface area contributed by atoms with Crippen LogP contribution in [0.1, 0.15) is 0 Å². The molecular formula is C15H9ClN4. The summed E-state index contributed by atoms with van der Waals surface area (Å²) in [5, 5.41) is 0.639. The molecule has 0 bridgehead atoms. The first kappa shape index (κ1) is 11.4. The molecule has 0 fully saturated rings. The molecule has 20 heavy (non-hydrogen) atoms. The minimum Gasteiger partial charge on any atom is -0.360 e. The van der Waals surface area contributed by atoms with Crippen LogP contribution in [0.4, 0.5) is 0 Å². The third-order valence-corrected chi connectivity index (χ3v) is 3.47. The summed E-state index contributed by atoms with van der Waals surface area (Å²) in [7, 11) is 0. The predicted octanol–water partition coefficient (Wildman–Crippen LogP) is 3.83.